The summed E-state index contributed by atoms with van der Waals surface area (Å²) in [6, 6.07) is 0.492. The van der Waals surface area contributed by atoms with E-state index in [1.165, 1.54) is 30.7 Å². The molecule has 0 bridgehead atoms. The lowest BCUT2D eigenvalue weighted by Gasteiger charge is -2.50. The summed E-state index contributed by atoms with van der Waals surface area (Å²) in [6.45, 7) is 11.4. The summed E-state index contributed by atoms with van der Waals surface area (Å²) in [5.74, 6) is 0. The molecule has 3 heteroatoms. The van der Waals surface area contributed by atoms with Gasteiger partial charge in [0.25, 0.3) is 0 Å². The van der Waals surface area contributed by atoms with Crippen LogP contribution in [0.2, 0.25) is 0 Å². The van der Waals surface area contributed by atoms with Crippen molar-refractivity contribution in [2.24, 2.45) is 5.41 Å². The van der Waals surface area contributed by atoms with E-state index in [4.69, 9.17) is 4.98 Å². The number of hydrogen-bond donors (Lipinski definition) is 1. The zero-order chi connectivity index (χ0) is 13.4. The molecule has 18 heavy (non-hydrogen) atoms. The van der Waals surface area contributed by atoms with Crippen LogP contribution in [0.15, 0.2) is 5.38 Å². The van der Waals surface area contributed by atoms with Gasteiger partial charge < -0.3 is 5.32 Å². The fourth-order valence-electron chi connectivity index (χ4n) is 3.28. The molecule has 1 aliphatic carbocycles. The Labute approximate surface area is 115 Å². The third kappa shape index (κ3) is 2.35. The van der Waals surface area contributed by atoms with Crippen molar-refractivity contribution in [2.45, 2.75) is 71.9 Å². The van der Waals surface area contributed by atoms with Gasteiger partial charge in [0.05, 0.1) is 5.54 Å². The highest BCUT2D eigenvalue weighted by Crippen LogP contribution is 2.51. The van der Waals surface area contributed by atoms with E-state index in [0.717, 1.165) is 5.69 Å². The molecule has 0 saturated heterocycles. The second-order valence-electron chi connectivity index (χ2n) is 6.59. The lowest BCUT2D eigenvalue weighted by atomic mass is 9.63. The highest BCUT2D eigenvalue weighted by molar-refractivity contribution is 7.09. The monoisotopic (exact) mass is 266 g/mol. The van der Waals surface area contributed by atoms with Gasteiger partial charge in [-0.2, -0.15) is 0 Å². The van der Waals surface area contributed by atoms with Crippen molar-refractivity contribution < 1.29 is 0 Å². The van der Waals surface area contributed by atoms with Crippen LogP contribution in [-0.2, 0) is 5.54 Å². The van der Waals surface area contributed by atoms with Crippen LogP contribution < -0.4 is 5.32 Å². The Balaban J connectivity index is 2.45. The van der Waals surface area contributed by atoms with Gasteiger partial charge in [0.1, 0.15) is 5.01 Å². The van der Waals surface area contributed by atoms with Crippen molar-refractivity contribution in [2.75, 3.05) is 0 Å². The first kappa shape index (κ1) is 14.0. The second kappa shape index (κ2) is 4.93. The maximum atomic E-state index is 4.81. The number of nitrogens with one attached hydrogen (secondary N) is 1. The number of thiazole rings is 1. The molecule has 1 aromatic heterocycles. The van der Waals surface area contributed by atoms with Crippen LogP contribution in [0.1, 0.15) is 64.1 Å². The smallest absolute Gasteiger partial charge is 0.114 e. The molecule has 2 nitrogen and oxygen atoms in total. The van der Waals surface area contributed by atoms with Gasteiger partial charge in [-0.25, -0.2) is 4.98 Å². The Kier molecular flexibility index (Phi) is 3.84. The Morgan fingerprint density at radius 3 is 2.44 bits per heavy atom. The molecule has 1 aromatic rings. The molecule has 0 radical (unpaired) electrons. The van der Waals surface area contributed by atoms with Crippen molar-refractivity contribution in [1.82, 2.24) is 10.3 Å². The molecular formula is C15H26N2S. The van der Waals surface area contributed by atoms with E-state index in [1.807, 2.05) is 11.3 Å². The summed E-state index contributed by atoms with van der Waals surface area (Å²) in [5.41, 5.74) is 1.50. The van der Waals surface area contributed by atoms with Crippen LogP contribution >= 0.6 is 11.3 Å². The van der Waals surface area contributed by atoms with Crippen LogP contribution in [-0.4, -0.2) is 11.0 Å². The first-order valence-electron chi connectivity index (χ1n) is 7.08. The highest BCUT2D eigenvalue weighted by atomic mass is 32.1. The SMILES string of the molecule is Cc1csc(C2(NC(C)C)CCCCC2(C)C)n1. The zero-order valence-corrected chi connectivity index (χ0v) is 13.2. The van der Waals surface area contributed by atoms with Gasteiger partial charge in [0.15, 0.2) is 0 Å². The molecular weight excluding hydrogens is 240 g/mol. The molecule has 0 aliphatic heterocycles. The number of rotatable bonds is 3. The van der Waals surface area contributed by atoms with Gasteiger partial charge in [-0.1, -0.05) is 26.7 Å². The van der Waals surface area contributed by atoms with E-state index in [1.54, 1.807) is 0 Å². The molecule has 1 aliphatic rings. The van der Waals surface area contributed by atoms with E-state index in [-0.39, 0.29) is 11.0 Å². The van der Waals surface area contributed by atoms with Crippen LogP contribution in [0.5, 0.6) is 0 Å². The number of nitrogens with zero attached hydrogens (tertiary/aromatic N) is 1. The summed E-state index contributed by atoms with van der Waals surface area (Å²) in [6.07, 6.45) is 5.15. The van der Waals surface area contributed by atoms with Crippen molar-refractivity contribution in [3.8, 4) is 0 Å². The highest BCUT2D eigenvalue weighted by Gasteiger charge is 2.49. The van der Waals surface area contributed by atoms with Gasteiger partial charge in [-0.15, -0.1) is 11.3 Å². The third-order valence-corrected chi connectivity index (χ3v) is 5.40. The molecule has 0 aromatic carbocycles. The lowest BCUT2D eigenvalue weighted by molar-refractivity contribution is 0.0511. The Morgan fingerprint density at radius 1 is 1.28 bits per heavy atom. The summed E-state index contributed by atoms with van der Waals surface area (Å²) in [5, 5.41) is 7.34. The molecule has 0 spiro atoms. The first-order valence-corrected chi connectivity index (χ1v) is 7.96. The van der Waals surface area contributed by atoms with Crippen molar-refractivity contribution >= 4 is 11.3 Å². The molecule has 1 fully saturated rings. The van der Waals surface area contributed by atoms with E-state index < -0.39 is 0 Å². The minimum Gasteiger partial charge on any atom is -0.303 e. The average molecular weight is 266 g/mol. The van der Waals surface area contributed by atoms with Crippen LogP contribution in [0.3, 0.4) is 0 Å². The molecule has 1 saturated carbocycles. The number of aryl methyl sites for hydroxylation is 1. The Morgan fingerprint density at radius 2 is 1.94 bits per heavy atom. The van der Waals surface area contributed by atoms with E-state index in [0.29, 0.717) is 6.04 Å². The van der Waals surface area contributed by atoms with Gasteiger partial charge in [0.2, 0.25) is 0 Å². The minimum absolute atomic E-state index is 0.0678. The van der Waals surface area contributed by atoms with Crippen molar-refractivity contribution in [3.63, 3.8) is 0 Å². The molecule has 1 N–H and O–H groups in total. The summed E-state index contributed by atoms with van der Waals surface area (Å²) < 4.78 is 0. The maximum absolute atomic E-state index is 4.81. The predicted molar refractivity (Wildman–Crippen MR) is 79.0 cm³/mol. The van der Waals surface area contributed by atoms with E-state index in [9.17, 15) is 0 Å². The molecule has 0 amide bonds. The summed E-state index contributed by atoms with van der Waals surface area (Å²) in [4.78, 5) is 4.81. The van der Waals surface area contributed by atoms with Crippen molar-refractivity contribution in [3.05, 3.63) is 16.1 Å². The quantitative estimate of drug-likeness (QED) is 0.885. The largest absolute Gasteiger partial charge is 0.303 e. The zero-order valence-electron chi connectivity index (χ0n) is 12.3. The molecule has 1 heterocycles. The second-order valence-corrected chi connectivity index (χ2v) is 7.45. The first-order chi connectivity index (χ1) is 8.37. The normalized spacial score (nSPS) is 27.7. The average Bonchev–Trinajstić information content (AvgIpc) is 2.68. The Hall–Kier alpha value is -0.410. The predicted octanol–water partition coefficient (Wildman–Crippen LogP) is 4.25. The van der Waals surface area contributed by atoms with Gasteiger partial charge in [0, 0.05) is 17.1 Å². The maximum Gasteiger partial charge on any atom is 0.114 e. The van der Waals surface area contributed by atoms with E-state index >= 15 is 0 Å². The molecule has 2 rings (SSSR count). The fourth-order valence-corrected chi connectivity index (χ4v) is 4.45. The number of hydrogen-bond acceptors (Lipinski definition) is 3. The van der Waals surface area contributed by atoms with Crippen LogP contribution in [0.25, 0.3) is 0 Å². The number of aromatic nitrogens is 1. The van der Waals surface area contributed by atoms with Gasteiger partial charge in [-0.05, 0) is 39.0 Å². The fraction of sp³-hybridized carbons (Fsp3) is 0.800. The van der Waals surface area contributed by atoms with Crippen LogP contribution in [0.4, 0.5) is 0 Å². The lowest BCUT2D eigenvalue weighted by Crippen LogP contribution is -2.57. The standard InChI is InChI=1S/C15H26N2S/c1-11(2)17-15(13-16-12(3)10-18-13)9-7-6-8-14(15,4)5/h10-11,17H,6-9H2,1-5H3. The molecule has 1 unspecified atom stereocenters. The third-order valence-electron chi connectivity index (χ3n) is 4.28. The van der Waals surface area contributed by atoms with Gasteiger partial charge in [-0.3, -0.25) is 0 Å². The van der Waals surface area contributed by atoms with Crippen LogP contribution in [0, 0.1) is 12.3 Å². The molecule has 102 valence electrons. The molecule has 1 atom stereocenters. The topological polar surface area (TPSA) is 24.9 Å². The van der Waals surface area contributed by atoms with Gasteiger partial charge >= 0.3 is 0 Å². The Bertz CT molecular complexity index is 408. The van der Waals surface area contributed by atoms with E-state index in [2.05, 4.69) is 45.3 Å². The summed E-state index contributed by atoms with van der Waals surface area (Å²) in [7, 11) is 0. The minimum atomic E-state index is 0.0678. The summed E-state index contributed by atoms with van der Waals surface area (Å²) >= 11 is 1.83. The van der Waals surface area contributed by atoms with Crippen molar-refractivity contribution in [1.29, 1.82) is 0 Å².